The minimum Gasteiger partial charge on any atom is -0.354 e. The molecule has 8 nitrogen and oxygen atoms in total. The fourth-order valence-corrected chi connectivity index (χ4v) is 2.20. The van der Waals surface area contributed by atoms with Gasteiger partial charge in [-0.1, -0.05) is 0 Å². The molecule has 0 radical (unpaired) electrons. The van der Waals surface area contributed by atoms with Crippen LogP contribution in [0.1, 0.15) is 11.8 Å². The fourth-order valence-electron chi connectivity index (χ4n) is 1.67. The van der Waals surface area contributed by atoms with Crippen LogP contribution in [-0.2, 0) is 6.54 Å². The van der Waals surface area contributed by atoms with Gasteiger partial charge in [-0.2, -0.15) is 20.1 Å². The Labute approximate surface area is 125 Å². The average molecular weight is 302 g/mol. The molecular formula is C12H14N8S. The lowest BCUT2D eigenvalue weighted by Crippen LogP contribution is -2.12. The van der Waals surface area contributed by atoms with Gasteiger partial charge < -0.3 is 10.6 Å². The smallest absolute Gasteiger partial charge is 0.257 e. The second kappa shape index (κ2) is 6.27. The van der Waals surface area contributed by atoms with Crippen LogP contribution in [-0.4, -0.2) is 36.3 Å². The van der Waals surface area contributed by atoms with Gasteiger partial charge in [-0.05, 0) is 13.0 Å². The average Bonchev–Trinajstić information content (AvgIpc) is 3.19. The highest BCUT2D eigenvalue weighted by Gasteiger charge is 2.08. The van der Waals surface area contributed by atoms with Crippen molar-refractivity contribution in [1.29, 1.82) is 0 Å². The van der Waals surface area contributed by atoms with Crippen molar-refractivity contribution in [3.63, 3.8) is 0 Å². The SMILES string of the molecule is CCNc1nc(NCc2cncs2)nc(-n2cccn2)n1. The quantitative estimate of drug-likeness (QED) is 0.713. The van der Waals surface area contributed by atoms with E-state index in [1.54, 1.807) is 33.9 Å². The van der Waals surface area contributed by atoms with Crippen LogP contribution < -0.4 is 10.6 Å². The van der Waals surface area contributed by atoms with Crippen molar-refractivity contribution in [1.82, 2.24) is 29.7 Å². The zero-order valence-electron chi connectivity index (χ0n) is 11.4. The standard InChI is InChI=1S/C12H14N8S/c1-2-14-10-17-11(15-7-9-6-13-8-21-9)19-12(18-10)20-5-3-4-16-20/h3-6,8H,2,7H2,1H3,(H2,14,15,17,18,19). The van der Waals surface area contributed by atoms with Crippen molar-refractivity contribution >= 4 is 23.2 Å². The summed E-state index contributed by atoms with van der Waals surface area (Å²) >= 11 is 1.58. The third-order valence-electron chi connectivity index (χ3n) is 2.57. The summed E-state index contributed by atoms with van der Waals surface area (Å²) in [6.07, 6.45) is 5.29. The van der Waals surface area contributed by atoms with E-state index in [1.165, 1.54) is 0 Å². The number of aromatic nitrogens is 6. The Morgan fingerprint density at radius 1 is 1.19 bits per heavy atom. The molecular weight excluding hydrogens is 288 g/mol. The van der Waals surface area contributed by atoms with Gasteiger partial charge in [-0.15, -0.1) is 11.3 Å². The van der Waals surface area contributed by atoms with Crippen molar-refractivity contribution in [2.24, 2.45) is 0 Å². The molecule has 3 aromatic heterocycles. The van der Waals surface area contributed by atoms with E-state index >= 15 is 0 Å². The third-order valence-corrected chi connectivity index (χ3v) is 3.35. The highest BCUT2D eigenvalue weighted by Crippen LogP contribution is 2.11. The summed E-state index contributed by atoms with van der Waals surface area (Å²) in [6, 6.07) is 1.82. The first kappa shape index (κ1) is 13.4. The second-order valence-electron chi connectivity index (χ2n) is 4.08. The molecule has 3 rings (SSSR count). The lowest BCUT2D eigenvalue weighted by molar-refractivity contribution is 0.795. The van der Waals surface area contributed by atoms with Crippen molar-refractivity contribution < 1.29 is 0 Å². The molecule has 0 aliphatic carbocycles. The summed E-state index contributed by atoms with van der Waals surface area (Å²) in [5, 5.41) is 10.4. The van der Waals surface area contributed by atoms with Gasteiger partial charge in [0, 0.05) is 30.0 Å². The van der Waals surface area contributed by atoms with E-state index in [9.17, 15) is 0 Å². The lowest BCUT2D eigenvalue weighted by Gasteiger charge is -2.08. The van der Waals surface area contributed by atoms with Gasteiger partial charge in [-0.3, -0.25) is 4.98 Å². The van der Waals surface area contributed by atoms with Gasteiger partial charge in [0.15, 0.2) is 0 Å². The van der Waals surface area contributed by atoms with E-state index in [2.05, 4.69) is 35.7 Å². The van der Waals surface area contributed by atoms with E-state index < -0.39 is 0 Å². The van der Waals surface area contributed by atoms with Gasteiger partial charge >= 0.3 is 0 Å². The zero-order valence-corrected chi connectivity index (χ0v) is 12.2. The van der Waals surface area contributed by atoms with Gasteiger partial charge in [0.2, 0.25) is 11.9 Å². The number of nitrogens with zero attached hydrogens (tertiary/aromatic N) is 6. The van der Waals surface area contributed by atoms with Crippen LogP contribution in [0.4, 0.5) is 11.9 Å². The molecule has 0 fully saturated rings. The Bertz CT molecular complexity index is 679. The fraction of sp³-hybridized carbons (Fsp3) is 0.250. The Morgan fingerprint density at radius 3 is 2.71 bits per heavy atom. The van der Waals surface area contributed by atoms with Crippen molar-refractivity contribution in [2.75, 3.05) is 17.2 Å². The van der Waals surface area contributed by atoms with E-state index in [0.717, 1.165) is 11.4 Å². The van der Waals surface area contributed by atoms with Gasteiger partial charge in [0.1, 0.15) is 0 Å². The number of anilines is 2. The largest absolute Gasteiger partial charge is 0.354 e. The topological polar surface area (TPSA) is 93.4 Å². The second-order valence-corrected chi connectivity index (χ2v) is 5.06. The predicted molar refractivity (Wildman–Crippen MR) is 80.6 cm³/mol. The monoisotopic (exact) mass is 302 g/mol. The van der Waals surface area contributed by atoms with Crippen LogP contribution in [0.2, 0.25) is 0 Å². The van der Waals surface area contributed by atoms with E-state index in [4.69, 9.17) is 0 Å². The molecule has 3 aromatic rings. The molecule has 108 valence electrons. The molecule has 0 bridgehead atoms. The number of hydrogen-bond acceptors (Lipinski definition) is 8. The molecule has 0 aromatic carbocycles. The van der Waals surface area contributed by atoms with Crippen molar-refractivity contribution in [3.05, 3.63) is 35.0 Å². The summed E-state index contributed by atoms with van der Waals surface area (Å²) < 4.78 is 1.60. The van der Waals surface area contributed by atoms with Crippen LogP contribution in [0, 0.1) is 0 Å². The molecule has 21 heavy (non-hydrogen) atoms. The molecule has 0 amide bonds. The predicted octanol–water partition coefficient (Wildman–Crippen LogP) is 1.56. The van der Waals surface area contributed by atoms with E-state index in [-0.39, 0.29) is 0 Å². The molecule has 0 spiro atoms. The minimum absolute atomic E-state index is 0.470. The Kier molecular flexibility index (Phi) is 4.01. The molecule has 0 unspecified atom stereocenters. The number of rotatable bonds is 6. The minimum atomic E-state index is 0.470. The zero-order chi connectivity index (χ0) is 14.5. The maximum Gasteiger partial charge on any atom is 0.257 e. The molecule has 0 aliphatic rings. The van der Waals surface area contributed by atoms with E-state index in [1.807, 2.05) is 19.2 Å². The molecule has 9 heteroatoms. The van der Waals surface area contributed by atoms with Crippen LogP contribution in [0.25, 0.3) is 5.95 Å². The molecule has 0 aliphatic heterocycles. The summed E-state index contributed by atoms with van der Waals surface area (Å²) in [6.45, 7) is 3.34. The first-order valence-electron chi connectivity index (χ1n) is 6.46. The Balaban J connectivity index is 1.84. The highest BCUT2D eigenvalue weighted by molar-refractivity contribution is 7.09. The molecule has 0 saturated heterocycles. The summed E-state index contributed by atoms with van der Waals surface area (Å²) in [5.74, 6) is 1.49. The molecule has 0 atom stereocenters. The van der Waals surface area contributed by atoms with Crippen LogP contribution in [0.15, 0.2) is 30.2 Å². The van der Waals surface area contributed by atoms with Gasteiger partial charge in [0.25, 0.3) is 5.95 Å². The normalized spacial score (nSPS) is 10.5. The summed E-state index contributed by atoms with van der Waals surface area (Å²) in [4.78, 5) is 18.2. The summed E-state index contributed by atoms with van der Waals surface area (Å²) in [7, 11) is 0. The Hall–Kier alpha value is -2.55. The highest BCUT2D eigenvalue weighted by atomic mass is 32.1. The molecule has 2 N–H and O–H groups in total. The lowest BCUT2D eigenvalue weighted by atomic mass is 10.5. The van der Waals surface area contributed by atoms with Crippen LogP contribution in [0.3, 0.4) is 0 Å². The van der Waals surface area contributed by atoms with Crippen LogP contribution >= 0.6 is 11.3 Å². The van der Waals surface area contributed by atoms with Crippen LogP contribution in [0.5, 0.6) is 0 Å². The summed E-state index contributed by atoms with van der Waals surface area (Å²) in [5.41, 5.74) is 1.80. The first-order chi connectivity index (χ1) is 10.3. The first-order valence-corrected chi connectivity index (χ1v) is 7.34. The van der Waals surface area contributed by atoms with Crippen molar-refractivity contribution in [3.8, 4) is 5.95 Å². The third kappa shape index (κ3) is 3.31. The van der Waals surface area contributed by atoms with Gasteiger partial charge in [-0.25, -0.2) is 4.68 Å². The van der Waals surface area contributed by atoms with Gasteiger partial charge in [0.05, 0.1) is 12.1 Å². The number of nitrogens with one attached hydrogen (secondary N) is 2. The Morgan fingerprint density at radius 2 is 2.05 bits per heavy atom. The molecule has 3 heterocycles. The maximum absolute atomic E-state index is 4.37. The van der Waals surface area contributed by atoms with Crippen molar-refractivity contribution in [2.45, 2.75) is 13.5 Å². The number of hydrogen-bond donors (Lipinski definition) is 2. The van der Waals surface area contributed by atoms with E-state index in [0.29, 0.717) is 24.4 Å². The number of thiazole rings is 1. The molecule has 0 saturated carbocycles. The maximum atomic E-state index is 4.37.